The largest absolute Gasteiger partial charge is 0.0654 e. The van der Waals surface area contributed by atoms with Crippen LogP contribution in [0.15, 0.2) is 68.0 Å². The zero-order valence-electron chi connectivity index (χ0n) is 34.1. The van der Waals surface area contributed by atoms with Gasteiger partial charge in [-0.3, -0.25) is 0 Å². The Hall–Kier alpha value is -1.68. The molecule has 0 unspecified atom stereocenters. The standard InChI is InChI=1S/C51H63Br3/c1-7-13-25-49(26-14-8-2)40-31-34(52)19-22-37(40)43-46(49)44-38-23-20-35(53)32-41(38)50(27-15-9-3,28-16-10-4)48(44)45-39-24-21-36(54)33-42(39)51(47(43)45,29-17-11-5)30-18-12-6/h19-24,31-33H,7-18,25-30H2,1-6H3. The molecular weight excluding hydrogens is 852 g/mol. The molecule has 54 heavy (non-hydrogen) atoms. The van der Waals surface area contributed by atoms with E-state index in [-0.39, 0.29) is 16.2 Å². The number of rotatable bonds is 18. The van der Waals surface area contributed by atoms with Crippen LogP contribution in [0.4, 0.5) is 0 Å². The Morgan fingerprint density at radius 2 is 0.574 bits per heavy atom. The summed E-state index contributed by atoms with van der Waals surface area (Å²) in [7, 11) is 0. The molecule has 3 aliphatic carbocycles. The predicted molar refractivity (Wildman–Crippen MR) is 245 cm³/mol. The third-order valence-electron chi connectivity index (χ3n) is 14.0. The molecule has 0 amide bonds. The molecule has 0 saturated heterocycles. The monoisotopic (exact) mass is 912 g/mol. The average Bonchev–Trinajstić information content (AvgIpc) is 3.72. The first-order chi connectivity index (χ1) is 26.2. The first kappa shape index (κ1) is 40.5. The van der Waals surface area contributed by atoms with Crippen molar-refractivity contribution >= 4 is 47.8 Å². The van der Waals surface area contributed by atoms with Crippen molar-refractivity contribution < 1.29 is 0 Å². The van der Waals surface area contributed by atoms with E-state index in [0.717, 1.165) is 0 Å². The Bertz CT molecular complexity index is 1730. The molecule has 4 aromatic carbocycles. The first-order valence-corrected chi connectivity index (χ1v) is 24.3. The molecule has 288 valence electrons. The molecule has 0 fully saturated rings. The van der Waals surface area contributed by atoms with E-state index in [4.69, 9.17) is 0 Å². The van der Waals surface area contributed by atoms with E-state index in [9.17, 15) is 0 Å². The smallest absolute Gasteiger partial charge is 0.0222 e. The lowest BCUT2D eigenvalue weighted by Crippen LogP contribution is -2.31. The summed E-state index contributed by atoms with van der Waals surface area (Å²) in [6.07, 6.45) is 22.1. The Kier molecular flexibility index (Phi) is 12.5. The molecule has 0 heterocycles. The summed E-state index contributed by atoms with van der Waals surface area (Å²) in [5, 5.41) is 0. The van der Waals surface area contributed by atoms with Gasteiger partial charge in [-0.05, 0) is 142 Å². The lowest BCUT2D eigenvalue weighted by atomic mass is 9.63. The van der Waals surface area contributed by atoms with Gasteiger partial charge in [-0.15, -0.1) is 0 Å². The highest BCUT2D eigenvalue weighted by Crippen LogP contribution is 2.71. The molecule has 4 aromatic rings. The second-order valence-corrected chi connectivity index (χ2v) is 19.9. The van der Waals surface area contributed by atoms with Crippen LogP contribution in [0, 0.1) is 0 Å². The Morgan fingerprint density at radius 3 is 0.778 bits per heavy atom. The molecule has 0 atom stereocenters. The van der Waals surface area contributed by atoms with Gasteiger partial charge in [0.1, 0.15) is 0 Å². The van der Waals surface area contributed by atoms with Crippen molar-refractivity contribution in [1.82, 2.24) is 0 Å². The van der Waals surface area contributed by atoms with Crippen molar-refractivity contribution in [2.24, 2.45) is 0 Å². The second kappa shape index (κ2) is 16.7. The van der Waals surface area contributed by atoms with E-state index < -0.39 is 0 Å². The lowest BCUT2D eigenvalue weighted by molar-refractivity contribution is 0.401. The van der Waals surface area contributed by atoms with Crippen LogP contribution < -0.4 is 0 Å². The van der Waals surface area contributed by atoms with Crippen molar-refractivity contribution in [3.63, 3.8) is 0 Å². The molecular formula is C51H63Br3. The van der Waals surface area contributed by atoms with Crippen LogP contribution in [0.2, 0.25) is 0 Å². The van der Waals surface area contributed by atoms with Crippen LogP contribution in [0.3, 0.4) is 0 Å². The second-order valence-electron chi connectivity index (χ2n) is 17.2. The number of hydrogen-bond acceptors (Lipinski definition) is 0. The number of hydrogen-bond donors (Lipinski definition) is 0. The fourth-order valence-electron chi connectivity index (χ4n) is 11.6. The fourth-order valence-corrected chi connectivity index (χ4v) is 12.7. The zero-order valence-corrected chi connectivity index (χ0v) is 38.8. The summed E-state index contributed by atoms with van der Waals surface area (Å²) in [6, 6.07) is 22.4. The molecule has 0 spiro atoms. The minimum Gasteiger partial charge on any atom is -0.0654 e. The predicted octanol–water partition coefficient (Wildman–Crippen LogP) is 17.9. The number of benzene rings is 4. The van der Waals surface area contributed by atoms with E-state index >= 15 is 0 Å². The van der Waals surface area contributed by atoms with Crippen LogP contribution in [0.5, 0.6) is 0 Å². The summed E-state index contributed by atoms with van der Waals surface area (Å²) in [5.41, 5.74) is 19.4. The summed E-state index contributed by atoms with van der Waals surface area (Å²) in [5.74, 6) is 0. The molecule has 0 saturated carbocycles. The van der Waals surface area contributed by atoms with Crippen LogP contribution >= 0.6 is 47.8 Å². The zero-order chi connectivity index (χ0) is 38.3. The third kappa shape index (κ3) is 6.31. The van der Waals surface area contributed by atoms with Gasteiger partial charge in [0.2, 0.25) is 0 Å². The van der Waals surface area contributed by atoms with Gasteiger partial charge in [-0.2, -0.15) is 0 Å². The molecule has 3 heteroatoms. The molecule has 7 rings (SSSR count). The van der Waals surface area contributed by atoms with Gasteiger partial charge >= 0.3 is 0 Å². The van der Waals surface area contributed by atoms with Gasteiger partial charge in [0.15, 0.2) is 0 Å². The summed E-state index contributed by atoms with van der Waals surface area (Å²) in [4.78, 5) is 0. The number of fused-ring (bicyclic) bond motifs is 12. The van der Waals surface area contributed by atoms with Crippen molar-refractivity contribution in [2.75, 3.05) is 0 Å². The SMILES string of the molecule is CCCCC1(CCCC)c2cc(Br)ccc2-c2c1c1c(c3c2C(CCCC)(CCCC)c2cc(Br)ccc2-3)C(CCCC)(CCCC)c2cc(Br)ccc2-1. The highest BCUT2D eigenvalue weighted by molar-refractivity contribution is 9.11. The molecule has 0 aromatic heterocycles. The molecule has 3 aliphatic rings. The van der Waals surface area contributed by atoms with Crippen molar-refractivity contribution in [1.29, 1.82) is 0 Å². The van der Waals surface area contributed by atoms with Crippen LogP contribution in [0.25, 0.3) is 33.4 Å². The Morgan fingerprint density at radius 1 is 0.352 bits per heavy atom. The Labute approximate surface area is 353 Å². The first-order valence-electron chi connectivity index (χ1n) is 21.9. The van der Waals surface area contributed by atoms with Gasteiger partial charge in [-0.1, -0.05) is 185 Å². The molecule has 0 bridgehead atoms. The normalized spacial score (nSPS) is 16.2. The minimum absolute atomic E-state index is 0.0217. The maximum atomic E-state index is 4.04. The number of unbranched alkanes of at least 4 members (excludes halogenated alkanes) is 6. The van der Waals surface area contributed by atoms with E-state index in [1.54, 1.807) is 50.1 Å². The van der Waals surface area contributed by atoms with Crippen LogP contribution in [-0.2, 0) is 16.2 Å². The molecule has 0 N–H and O–H groups in total. The minimum atomic E-state index is -0.0217. The van der Waals surface area contributed by atoms with Crippen molar-refractivity contribution in [3.8, 4) is 33.4 Å². The van der Waals surface area contributed by atoms with E-state index in [1.165, 1.54) is 146 Å². The van der Waals surface area contributed by atoms with E-state index in [1.807, 2.05) is 0 Å². The van der Waals surface area contributed by atoms with Gasteiger partial charge in [0.05, 0.1) is 0 Å². The van der Waals surface area contributed by atoms with Crippen LogP contribution in [-0.4, -0.2) is 0 Å². The molecule has 0 nitrogen and oxygen atoms in total. The number of halogens is 3. The van der Waals surface area contributed by atoms with Crippen molar-refractivity contribution in [3.05, 3.63) is 101 Å². The topological polar surface area (TPSA) is 0 Å². The molecule has 0 radical (unpaired) electrons. The van der Waals surface area contributed by atoms with Gasteiger partial charge in [0.25, 0.3) is 0 Å². The molecule has 0 aliphatic heterocycles. The summed E-state index contributed by atoms with van der Waals surface area (Å²) in [6.45, 7) is 14.4. The van der Waals surface area contributed by atoms with Gasteiger partial charge in [-0.25, -0.2) is 0 Å². The highest BCUT2D eigenvalue weighted by Gasteiger charge is 2.57. The fraction of sp³-hybridized carbons (Fsp3) is 0.529. The van der Waals surface area contributed by atoms with E-state index in [0.29, 0.717) is 0 Å². The van der Waals surface area contributed by atoms with E-state index in [2.05, 4.69) is 144 Å². The maximum absolute atomic E-state index is 4.04. The lowest BCUT2D eigenvalue weighted by Gasteiger charge is -2.39. The maximum Gasteiger partial charge on any atom is 0.0222 e. The Balaban J connectivity index is 1.78. The average molecular weight is 916 g/mol. The van der Waals surface area contributed by atoms with Crippen LogP contribution in [0.1, 0.15) is 190 Å². The summed E-state index contributed by atoms with van der Waals surface area (Å²) < 4.78 is 3.67. The third-order valence-corrected chi connectivity index (χ3v) is 15.5. The van der Waals surface area contributed by atoms with Gasteiger partial charge in [0, 0.05) is 29.7 Å². The van der Waals surface area contributed by atoms with Gasteiger partial charge < -0.3 is 0 Å². The van der Waals surface area contributed by atoms with Crippen molar-refractivity contribution in [2.45, 2.75) is 173 Å². The highest BCUT2D eigenvalue weighted by atomic mass is 79.9. The summed E-state index contributed by atoms with van der Waals surface area (Å²) >= 11 is 12.1. The quantitative estimate of drug-likeness (QED) is 0.0933.